The lowest BCUT2D eigenvalue weighted by Gasteiger charge is -2.25. The second kappa shape index (κ2) is 7.90. The van der Waals surface area contributed by atoms with Crippen LogP contribution in [0.15, 0.2) is 42.9 Å². The molecule has 24 heavy (non-hydrogen) atoms. The van der Waals surface area contributed by atoms with Crippen molar-refractivity contribution in [2.75, 3.05) is 13.2 Å². The zero-order valence-corrected chi connectivity index (χ0v) is 14.0. The predicted octanol–water partition coefficient (Wildman–Crippen LogP) is 3.11. The van der Waals surface area contributed by atoms with E-state index in [2.05, 4.69) is 9.97 Å². The Morgan fingerprint density at radius 2 is 2.12 bits per heavy atom. The van der Waals surface area contributed by atoms with Gasteiger partial charge in [0.25, 0.3) is 5.91 Å². The first-order valence-corrected chi connectivity index (χ1v) is 8.57. The second-order valence-electron chi connectivity index (χ2n) is 5.98. The quantitative estimate of drug-likeness (QED) is 0.819. The normalized spacial score (nSPS) is 17.0. The summed E-state index contributed by atoms with van der Waals surface area (Å²) in [6.07, 6.45) is 9.33. The molecule has 0 aromatic carbocycles. The Bertz CT molecular complexity index is 675. The van der Waals surface area contributed by atoms with Gasteiger partial charge in [0, 0.05) is 31.2 Å². The minimum absolute atomic E-state index is 0.0313. The third-order valence-corrected chi connectivity index (χ3v) is 4.44. The highest BCUT2D eigenvalue weighted by molar-refractivity contribution is 5.96. The summed E-state index contributed by atoms with van der Waals surface area (Å²) in [5.41, 5.74) is 1.83. The molecule has 5 heteroatoms. The Balaban J connectivity index is 1.70. The SMILES string of the molecule is CCOc1ncccc1C(=O)N1CCCC1CCc1ccncc1. The summed E-state index contributed by atoms with van der Waals surface area (Å²) in [6, 6.07) is 7.95. The lowest BCUT2D eigenvalue weighted by Crippen LogP contribution is -2.36. The highest BCUT2D eigenvalue weighted by Gasteiger charge is 2.30. The number of nitrogens with zero attached hydrogens (tertiary/aromatic N) is 3. The topological polar surface area (TPSA) is 55.3 Å². The van der Waals surface area contributed by atoms with Crippen molar-refractivity contribution < 1.29 is 9.53 Å². The van der Waals surface area contributed by atoms with Crippen molar-refractivity contribution in [3.63, 3.8) is 0 Å². The number of ether oxygens (including phenoxy) is 1. The van der Waals surface area contributed by atoms with Gasteiger partial charge in [0.1, 0.15) is 5.56 Å². The van der Waals surface area contributed by atoms with Crippen LogP contribution >= 0.6 is 0 Å². The van der Waals surface area contributed by atoms with Crippen LogP contribution in [0.5, 0.6) is 5.88 Å². The van der Waals surface area contributed by atoms with Gasteiger partial charge in [-0.1, -0.05) is 0 Å². The number of carbonyl (C=O) groups is 1. The smallest absolute Gasteiger partial charge is 0.259 e. The van der Waals surface area contributed by atoms with E-state index in [0.29, 0.717) is 18.1 Å². The zero-order valence-electron chi connectivity index (χ0n) is 14.0. The zero-order chi connectivity index (χ0) is 16.8. The summed E-state index contributed by atoms with van der Waals surface area (Å²) in [6.45, 7) is 3.21. The van der Waals surface area contributed by atoms with Crippen molar-refractivity contribution in [3.8, 4) is 5.88 Å². The molecule has 0 bridgehead atoms. The standard InChI is InChI=1S/C19H23N3O2/c1-2-24-18-17(6-3-11-21-18)19(23)22-14-4-5-16(22)8-7-15-9-12-20-13-10-15/h3,6,9-13,16H,2,4-5,7-8,14H2,1H3. The maximum absolute atomic E-state index is 13.0. The number of amides is 1. The highest BCUT2D eigenvalue weighted by atomic mass is 16.5. The van der Waals surface area contributed by atoms with Crippen molar-refractivity contribution in [3.05, 3.63) is 54.0 Å². The molecule has 5 nitrogen and oxygen atoms in total. The number of hydrogen-bond donors (Lipinski definition) is 0. The van der Waals surface area contributed by atoms with Gasteiger partial charge in [-0.15, -0.1) is 0 Å². The number of likely N-dealkylation sites (tertiary alicyclic amines) is 1. The molecular weight excluding hydrogens is 302 g/mol. The van der Waals surface area contributed by atoms with Gasteiger partial charge in [0.05, 0.1) is 6.61 Å². The molecule has 3 rings (SSSR count). The van der Waals surface area contributed by atoms with E-state index < -0.39 is 0 Å². The van der Waals surface area contributed by atoms with E-state index in [1.54, 1.807) is 18.3 Å². The van der Waals surface area contributed by atoms with Crippen LogP contribution < -0.4 is 4.74 Å². The molecular formula is C19H23N3O2. The minimum Gasteiger partial charge on any atom is -0.477 e. The van der Waals surface area contributed by atoms with Crippen LogP contribution in [-0.2, 0) is 6.42 Å². The molecule has 0 aliphatic carbocycles. The monoisotopic (exact) mass is 325 g/mol. The molecule has 0 saturated carbocycles. The Kier molecular flexibility index (Phi) is 5.41. The molecule has 1 aliphatic heterocycles. The summed E-state index contributed by atoms with van der Waals surface area (Å²) in [5, 5.41) is 0. The van der Waals surface area contributed by atoms with Gasteiger partial charge in [0.15, 0.2) is 0 Å². The van der Waals surface area contributed by atoms with E-state index in [9.17, 15) is 4.79 Å². The first-order valence-electron chi connectivity index (χ1n) is 8.57. The third kappa shape index (κ3) is 3.72. The number of aromatic nitrogens is 2. The Morgan fingerprint density at radius 3 is 2.92 bits per heavy atom. The Morgan fingerprint density at radius 1 is 1.29 bits per heavy atom. The summed E-state index contributed by atoms with van der Waals surface area (Å²) in [4.78, 5) is 23.2. The average Bonchev–Trinajstić information content (AvgIpc) is 3.10. The van der Waals surface area contributed by atoms with Crippen LogP contribution in [0.25, 0.3) is 0 Å². The van der Waals surface area contributed by atoms with E-state index in [0.717, 1.165) is 32.2 Å². The fourth-order valence-electron chi connectivity index (χ4n) is 3.25. The summed E-state index contributed by atoms with van der Waals surface area (Å²) in [7, 11) is 0. The molecule has 0 N–H and O–H groups in total. The maximum Gasteiger partial charge on any atom is 0.259 e. The van der Waals surface area contributed by atoms with Crippen LogP contribution in [0.1, 0.15) is 42.1 Å². The van der Waals surface area contributed by atoms with Gasteiger partial charge in [-0.3, -0.25) is 9.78 Å². The largest absolute Gasteiger partial charge is 0.477 e. The van der Waals surface area contributed by atoms with Crippen molar-refractivity contribution in [2.24, 2.45) is 0 Å². The van der Waals surface area contributed by atoms with E-state index in [-0.39, 0.29) is 11.9 Å². The van der Waals surface area contributed by atoms with E-state index in [1.165, 1.54) is 5.56 Å². The summed E-state index contributed by atoms with van der Waals surface area (Å²) in [5.74, 6) is 0.466. The minimum atomic E-state index is 0.0313. The molecule has 3 heterocycles. The molecule has 1 unspecified atom stereocenters. The highest BCUT2D eigenvalue weighted by Crippen LogP contribution is 2.26. The fourth-order valence-corrected chi connectivity index (χ4v) is 3.25. The van der Waals surface area contributed by atoms with Crippen molar-refractivity contribution >= 4 is 5.91 Å². The Hall–Kier alpha value is -2.43. The molecule has 1 aliphatic rings. The van der Waals surface area contributed by atoms with Gasteiger partial charge in [0.2, 0.25) is 5.88 Å². The fraction of sp³-hybridized carbons (Fsp3) is 0.421. The van der Waals surface area contributed by atoms with Gasteiger partial charge >= 0.3 is 0 Å². The van der Waals surface area contributed by atoms with Crippen molar-refractivity contribution in [2.45, 2.75) is 38.6 Å². The number of aryl methyl sites for hydroxylation is 1. The number of pyridine rings is 2. The maximum atomic E-state index is 13.0. The molecule has 0 radical (unpaired) electrons. The number of rotatable bonds is 6. The predicted molar refractivity (Wildman–Crippen MR) is 92.0 cm³/mol. The summed E-state index contributed by atoms with van der Waals surface area (Å²) >= 11 is 0. The van der Waals surface area contributed by atoms with E-state index in [4.69, 9.17) is 4.74 Å². The lowest BCUT2D eigenvalue weighted by molar-refractivity contribution is 0.0725. The summed E-state index contributed by atoms with van der Waals surface area (Å²) < 4.78 is 5.52. The van der Waals surface area contributed by atoms with Gasteiger partial charge in [-0.05, 0) is 62.4 Å². The van der Waals surface area contributed by atoms with Crippen LogP contribution in [-0.4, -0.2) is 40.0 Å². The number of hydrogen-bond acceptors (Lipinski definition) is 4. The number of carbonyl (C=O) groups excluding carboxylic acids is 1. The molecule has 1 saturated heterocycles. The third-order valence-electron chi connectivity index (χ3n) is 4.44. The Labute approximate surface area is 142 Å². The van der Waals surface area contributed by atoms with Crippen molar-refractivity contribution in [1.29, 1.82) is 0 Å². The lowest BCUT2D eigenvalue weighted by atomic mass is 10.0. The second-order valence-corrected chi connectivity index (χ2v) is 5.98. The molecule has 2 aromatic rings. The van der Waals surface area contributed by atoms with Crippen LogP contribution in [0.3, 0.4) is 0 Å². The molecule has 126 valence electrons. The average molecular weight is 325 g/mol. The molecule has 1 fully saturated rings. The molecule has 2 aromatic heterocycles. The van der Waals surface area contributed by atoms with Gasteiger partial charge in [-0.2, -0.15) is 0 Å². The van der Waals surface area contributed by atoms with Crippen LogP contribution in [0.2, 0.25) is 0 Å². The van der Waals surface area contributed by atoms with Gasteiger partial charge in [-0.25, -0.2) is 4.98 Å². The van der Waals surface area contributed by atoms with Crippen molar-refractivity contribution in [1.82, 2.24) is 14.9 Å². The van der Waals surface area contributed by atoms with Gasteiger partial charge < -0.3 is 9.64 Å². The van der Waals surface area contributed by atoms with Crippen LogP contribution in [0, 0.1) is 0 Å². The molecule has 0 spiro atoms. The molecule has 1 atom stereocenters. The first-order chi connectivity index (χ1) is 11.8. The van der Waals surface area contributed by atoms with Crippen LogP contribution in [0.4, 0.5) is 0 Å². The molecule has 1 amide bonds. The van der Waals surface area contributed by atoms with E-state index in [1.807, 2.05) is 36.4 Å². The first kappa shape index (κ1) is 16.4. The van der Waals surface area contributed by atoms with E-state index >= 15 is 0 Å².